The molecule has 0 unspecified atom stereocenters. The molecule has 0 aliphatic carbocycles. The predicted molar refractivity (Wildman–Crippen MR) is 78.3 cm³/mol. The van der Waals surface area contributed by atoms with Crippen LogP contribution in [-0.2, 0) is 0 Å². The van der Waals surface area contributed by atoms with Crippen molar-refractivity contribution in [3.63, 3.8) is 0 Å². The third kappa shape index (κ3) is 2.63. The Labute approximate surface area is 116 Å². The molecule has 0 amide bonds. The molecule has 6 heteroatoms. The van der Waals surface area contributed by atoms with Crippen LogP contribution in [0.25, 0.3) is 0 Å². The Morgan fingerprint density at radius 1 is 1.42 bits per heavy atom. The minimum absolute atomic E-state index is 0.194. The van der Waals surface area contributed by atoms with E-state index in [0.29, 0.717) is 24.2 Å². The average Bonchev–Trinajstić information content (AvgIpc) is 2.40. The maximum Gasteiger partial charge on any atom is 0.200 e. The smallest absolute Gasteiger partial charge is 0.200 e. The minimum atomic E-state index is 0.194. The maximum atomic E-state index is 11.2. The number of nitrogen functional groups attached to an aromatic ring is 1. The Morgan fingerprint density at radius 3 is 2.68 bits per heavy atom. The molecule has 0 saturated heterocycles. The molecule has 0 saturated carbocycles. The quantitative estimate of drug-likeness (QED) is 0.662. The lowest BCUT2D eigenvalue weighted by molar-refractivity contribution is 0.112. The van der Waals surface area contributed by atoms with Crippen LogP contribution in [0.3, 0.4) is 0 Å². The number of nitrogens with two attached hydrogens (primary N) is 1. The van der Waals surface area contributed by atoms with Crippen molar-refractivity contribution < 1.29 is 4.79 Å². The molecule has 2 rings (SSSR count). The first kappa shape index (κ1) is 13.2. The molecule has 98 valence electrons. The number of carbonyl (C=O) groups excluding carboxylic acids is 1. The number of aromatic nitrogens is 2. The van der Waals surface area contributed by atoms with Gasteiger partial charge in [0.05, 0.1) is 5.56 Å². The van der Waals surface area contributed by atoms with E-state index >= 15 is 0 Å². The molecule has 1 aromatic heterocycles. The molecule has 5 nitrogen and oxygen atoms in total. The van der Waals surface area contributed by atoms with Crippen molar-refractivity contribution in [1.82, 2.24) is 9.97 Å². The highest BCUT2D eigenvalue weighted by Crippen LogP contribution is 2.26. The predicted octanol–water partition coefficient (Wildman–Crippen LogP) is 2.69. The fraction of sp³-hybridized carbons (Fsp3) is 0.154. The van der Waals surface area contributed by atoms with E-state index in [9.17, 15) is 4.79 Å². The minimum Gasteiger partial charge on any atom is -0.369 e. The Balaban J connectivity index is 2.62. The Kier molecular flexibility index (Phi) is 3.91. The zero-order chi connectivity index (χ0) is 13.8. The molecule has 0 atom stereocenters. The van der Waals surface area contributed by atoms with Gasteiger partial charge in [0.15, 0.2) is 12.2 Å². The summed E-state index contributed by atoms with van der Waals surface area (Å²) in [5.41, 5.74) is 6.97. The van der Waals surface area contributed by atoms with Crippen molar-refractivity contribution in [1.29, 1.82) is 0 Å². The summed E-state index contributed by atoms with van der Waals surface area (Å²) >= 11 is 5.07. The molecule has 0 radical (unpaired) electrons. The van der Waals surface area contributed by atoms with Gasteiger partial charge in [0.25, 0.3) is 0 Å². The molecular formula is C13H14N4OS. The third-order valence-corrected chi connectivity index (χ3v) is 3.04. The van der Waals surface area contributed by atoms with Crippen molar-refractivity contribution in [2.24, 2.45) is 0 Å². The topological polar surface area (TPSA) is 75.0 Å². The summed E-state index contributed by atoms with van der Waals surface area (Å²) < 4.78 is 0.204. The molecular weight excluding hydrogens is 260 g/mol. The summed E-state index contributed by atoms with van der Waals surface area (Å²) in [6.45, 7) is 2.65. The van der Waals surface area contributed by atoms with Crippen LogP contribution >= 0.6 is 12.2 Å². The lowest BCUT2D eigenvalue weighted by Gasteiger charge is -2.24. The Bertz CT molecular complexity index is 639. The van der Waals surface area contributed by atoms with Crippen molar-refractivity contribution in [2.45, 2.75) is 6.92 Å². The van der Waals surface area contributed by atoms with E-state index in [-0.39, 0.29) is 10.6 Å². The molecule has 3 N–H and O–H groups in total. The SMILES string of the molecule is CCN(c1ccccc1)c1[nH]c(N)nc(=S)c1C=O. The van der Waals surface area contributed by atoms with Crippen LogP contribution in [0.4, 0.5) is 17.5 Å². The van der Waals surface area contributed by atoms with Crippen LogP contribution in [0.1, 0.15) is 17.3 Å². The van der Waals surface area contributed by atoms with Crippen LogP contribution < -0.4 is 10.6 Å². The maximum absolute atomic E-state index is 11.2. The van der Waals surface area contributed by atoms with Crippen LogP contribution in [-0.4, -0.2) is 22.8 Å². The van der Waals surface area contributed by atoms with Crippen LogP contribution in [0.2, 0.25) is 0 Å². The number of anilines is 3. The van der Waals surface area contributed by atoms with Crippen molar-refractivity contribution in [3.05, 3.63) is 40.5 Å². The summed E-state index contributed by atoms with van der Waals surface area (Å²) in [5.74, 6) is 0.765. The number of aldehydes is 1. The number of hydrogen-bond donors (Lipinski definition) is 2. The number of nitrogens with zero attached hydrogens (tertiary/aromatic N) is 2. The lowest BCUT2D eigenvalue weighted by Crippen LogP contribution is -2.20. The van der Waals surface area contributed by atoms with E-state index in [1.54, 1.807) is 0 Å². The van der Waals surface area contributed by atoms with Gasteiger partial charge in [-0.25, -0.2) is 4.98 Å². The standard InChI is InChI=1S/C13H14N4OS/c1-2-17(9-6-4-3-5-7-9)11-10(8-18)12(19)16-13(14)15-11/h3-8H,2H2,1H3,(H3,14,15,16,19). The van der Waals surface area contributed by atoms with Gasteiger partial charge in [-0.15, -0.1) is 0 Å². The molecule has 1 heterocycles. The summed E-state index contributed by atoms with van der Waals surface area (Å²) in [7, 11) is 0. The molecule has 0 aliphatic heterocycles. The van der Waals surface area contributed by atoms with E-state index < -0.39 is 0 Å². The monoisotopic (exact) mass is 274 g/mol. The number of para-hydroxylation sites is 1. The highest BCUT2D eigenvalue weighted by atomic mass is 32.1. The average molecular weight is 274 g/mol. The zero-order valence-corrected chi connectivity index (χ0v) is 11.3. The molecule has 0 bridgehead atoms. The highest BCUT2D eigenvalue weighted by molar-refractivity contribution is 7.71. The number of benzene rings is 1. The molecule has 0 fully saturated rings. The first-order chi connectivity index (χ1) is 9.17. The molecule has 0 spiro atoms. The summed E-state index contributed by atoms with van der Waals surface area (Å²) in [5, 5.41) is 0. The first-order valence-corrected chi connectivity index (χ1v) is 6.25. The second-order valence-electron chi connectivity index (χ2n) is 3.89. The van der Waals surface area contributed by atoms with Crippen molar-refractivity contribution in [2.75, 3.05) is 17.2 Å². The van der Waals surface area contributed by atoms with E-state index in [1.807, 2.05) is 42.2 Å². The van der Waals surface area contributed by atoms with Crippen LogP contribution in [0, 0.1) is 4.64 Å². The summed E-state index contributed by atoms with van der Waals surface area (Å²) in [6.07, 6.45) is 0.701. The third-order valence-electron chi connectivity index (χ3n) is 2.73. The lowest BCUT2D eigenvalue weighted by atomic mass is 10.2. The number of aromatic amines is 1. The Morgan fingerprint density at radius 2 is 2.11 bits per heavy atom. The largest absolute Gasteiger partial charge is 0.369 e. The molecule has 0 aliphatic rings. The first-order valence-electron chi connectivity index (χ1n) is 5.85. The van der Waals surface area contributed by atoms with E-state index in [1.165, 1.54) is 0 Å². The van der Waals surface area contributed by atoms with Gasteiger partial charge in [0.1, 0.15) is 10.5 Å². The second kappa shape index (κ2) is 5.62. The fourth-order valence-corrected chi connectivity index (χ4v) is 2.13. The Hall–Kier alpha value is -2.21. The summed E-state index contributed by atoms with van der Waals surface area (Å²) in [4.78, 5) is 20.0. The van der Waals surface area contributed by atoms with Gasteiger partial charge >= 0.3 is 0 Å². The van der Waals surface area contributed by atoms with E-state index in [4.69, 9.17) is 18.0 Å². The van der Waals surface area contributed by atoms with Gasteiger partial charge < -0.3 is 15.6 Å². The van der Waals surface area contributed by atoms with Crippen molar-refractivity contribution >= 4 is 36.0 Å². The molecule has 2 aromatic rings. The second-order valence-corrected chi connectivity index (χ2v) is 4.27. The number of nitrogens with one attached hydrogen (secondary N) is 1. The zero-order valence-electron chi connectivity index (χ0n) is 10.5. The van der Waals surface area contributed by atoms with E-state index in [0.717, 1.165) is 5.69 Å². The van der Waals surface area contributed by atoms with E-state index in [2.05, 4.69) is 9.97 Å². The van der Waals surface area contributed by atoms with Crippen LogP contribution in [0.5, 0.6) is 0 Å². The van der Waals surface area contributed by atoms with Gasteiger partial charge in [-0.2, -0.15) is 0 Å². The normalized spacial score (nSPS) is 10.2. The number of H-pyrrole nitrogens is 1. The summed E-state index contributed by atoms with van der Waals surface area (Å²) in [6, 6.07) is 9.69. The van der Waals surface area contributed by atoms with Gasteiger partial charge in [0.2, 0.25) is 0 Å². The highest BCUT2D eigenvalue weighted by Gasteiger charge is 2.14. The molecule has 19 heavy (non-hydrogen) atoms. The van der Waals surface area contributed by atoms with Gasteiger partial charge in [-0.1, -0.05) is 30.4 Å². The van der Waals surface area contributed by atoms with Gasteiger partial charge in [0, 0.05) is 12.2 Å². The number of hydrogen-bond acceptors (Lipinski definition) is 5. The van der Waals surface area contributed by atoms with Gasteiger partial charge in [-0.05, 0) is 19.1 Å². The fourth-order valence-electron chi connectivity index (χ4n) is 1.88. The number of carbonyl (C=O) groups is 1. The van der Waals surface area contributed by atoms with Crippen LogP contribution in [0.15, 0.2) is 30.3 Å². The molecule has 1 aromatic carbocycles. The number of rotatable bonds is 4. The van der Waals surface area contributed by atoms with Gasteiger partial charge in [-0.3, -0.25) is 4.79 Å². The van der Waals surface area contributed by atoms with Crippen molar-refractivity contribution in [3.8, 4) is 0 Å².